The first-order chi connectivity index (χ1) is 9.33. The van der Waals surface area contributed by atoms with Gasteiger partial charge in [0.05, 0.1) is 16.9 Å². The molecule has 0 radical (unpaired) electrons. The molecule has 20 heavy (non-hydrogen) atoms. The number of alkyl halides is 3. The molecule has 0 amide bonds. The minimum atomic E-state index is -4.31. The van der Waals surface area contributed by atoms with Gasteiger partial charge in [-0.3, -0.25) is 4.98 Å². The molecule has 1 saturated carbocycles. The van der Waals surface area contributed by atoms with Gasteiger partial charge >= 0.3 is 11.9 Å². The van der Waals surface area contributed by atoms with Gasteiger partial charge in [0.25, 0.3) is 0 Å². The number of fused-ring (bicyclic) bond motifs is 1. The van der Waals surface area contributed by atoms with Gasteiger partial charge in [-0.25, -0.2) is 4.79 Å². The molecule has 0 aliphatic heterocycles. The van der Waals surface area contributed by atoms with Crippen molar-refractivity contribution in [1.82, 2.24) is 4.98 Å². The third-order valence-corrected chi connectivity index (χ3v) is 3.21. The smallest absolute Gasteiger partial charge is 0.408 e. The Balaban J connectivity index is 2.05. The van der Waals surface area contributed by atoms with E-state index in [9.17, 15) is 18.0 Å². The highest BCUT2D eigenvalue weighted by Crippen LogP contribution is 2.38. The van der Waals surface area contributed by atoms with Crippen LogP contribution in [0.1, 0.15) is 12.8 Å². The highest BCUT2D eigenvalue weighted by Gasteiger charge is 2.39. The molecule has 0 spiro atoms. The number of aromatic amines is 1. The first kappa shape index (κ1) is 12.9. The fraction of sp³-hybridized carbons (Fsp3) is 0.417. The summed E-state index contributed by atoms with van der Waals surface area (Å²) in [4.78, 5) is 14.8. The fourth-order valence-electron chi connectivity index (χ4n) is 2.24. The Kier molecular flexibility index (Phi) is 2.70. The van der Waals surface area contributed by atoms with E-state index in [1.165, 1.54) is 17.0 Å². The molecule has 0 bridgehead atoms. The SMILES string of the molecule is Nc1cc2oc(=O)[nH]c2cc1N(CC(F)(F)F)C1CC1. The molecule has 0 atom stereocenters. The normalized spacial score (nSPS) is 15.8. The van der Waals surface area contributed by atoms with Crippen LogP contribution >= 0.6 is 0 Å². The van der Waals surface area contributed by atoms with Crippen LogP contribution in [0.3, 0.4) is 0 Å². The Labute approximate surface area is 111 Å². The number of halogens is 3. The maximum Gasteiger partial charge on any atom is 0.417 e. The summed E-state index contributed by atoms with van der Waals surface area (Å²) in [5.41, 5.74) is 6.81. The summed E-state index contributed by atoms with van der Waals surface area (Å²) in [5.74, 6) is -0.662. The van der Waals surface area contributed by atoms with Crippen LogP contribution in [0.2, 0.25) is 0 Å². The van der Waals surface area contributed by atoms with E-state index >= 15 is 0 Å². The van der Waals surface area contributed by atoms with Crippen LogP contribution in [0.4, 0.5) is 24.5 Å². The van der Waals surface area contributed by atoms with E-state index in [0.29, 0.717) is 18.4 Å². The molecular formula is C12H12F3N3O2. The topological polar surface area (TPSA) is 75.3 Å². The van der Waals surface area contributed by atoms with E-state index in [4.69, 9.17) is 10.2 Å². The van der Waals surface area contributed by atoms with Crippen LogP contribution in [-0.4, -0.2) is 23.7 Å². The number of nitrogens with two attached hydrogens (primary N) is 1. The lowest BCUT2D eigenvalue weighted by atomic mass is 10.2. The van der Waals surface area contributed by atoms with Crippen molar-refractivity contribution in [3.63, 3.8) is 0 Å². The highest BCUT2D eigenvalue weighted by atomic mass is 19.4. The third-order valence-electron chi connectivity index (χ3n) is 3.21. The predicted octanol–water partition coefficient (Wildman–Crippen LogP) is 2.23. The summed E-state index contributed by atoms with van der Waals surface area (Å²) in [5, 5.41) is 0. The highest BCUT2D eigenvalue weighted by molar-refractivity contribution is 5.86. The van der Waals surface area contributed by atoms with Crippen molar-refractivity contribution in [3.8, 4) is 0 Å². The monoisotopic (exact) mass is 287 g/mol. The number of nitrogens with zero attached hydrogens (tertiary/aromatic N) is 1. The average molecular weight is 287 g/mol. The molecule has 1 fully saturated rings. The molecule has 3 N–H and O–H groups in total. The third kappa shape index (κ3) is 2.45. The van der Waals surface area contributed by atoms with Crippen molar-refractivity contribution in [3.05, 3.63) is 22.7 Å². The summed E-state index contributed by atoms with van der Waals surface area (Å²) < 4.78 is 42.8. The van der Waals surface area contributed by atoms with E-state index in [1.807, 2.05) is 0 Å². The van der Waals surface area contributed by atoms with Crippen LogP contribution in [0, 0.1) is 0 Å². The summed E-state index contributed by atoms with van der Waals surface area (Å²) in [6, 6.07) is 2.64. The molecule has 1 aliphatic carbocycles. The molecule has 5 nitrogen and oxygen atoms in total. The van der Waals surface area contributed by atoms with E-state index in [2.05, 4.69) is 4.98 Å². The molecule has 2 aromatic rings. The van der Waals surface area contributed by atoms with Gasteiger partial charge < -0.3 is 15.1 Å². The number of rotatable bonds is 3. The van der Waals surface area contributed by atoms with Gasteiger partial charge in [0.2, 0.25) is 0 Å². The molecule has 108 valence electrons. The lowest BCUT2D eigenvalue weighted by molar-refractivity contribution is -0.119. The number of nitrogens with one attached hydrogen (secondary N) is 1. The fourth-order valence-corrected chi connectivity index (χ4v) is 2.24. The first-order valence-corrected chi connectivity index (χ1v) is 6.09. The molecular weight excluding hydrogens is 275 g/mol. The number of hydrogen-bond acceptors (Lipinski definition) is 4. The van der Waals surface area contributed by atoms with E-state index in [-0.39, 0.29) is 23.0 Å². The van der Waals surface area contributed by atoms with Gasteiger partial charge in [0.15, 0.2) is 5.58 Å². The van der Waals surface area contributed by atoms with Gasteiger partial charge in [-0.2, -0.15) is 13.2 Å². The second kappa shape index (κ2) is 4.19. The molecule has 3 rings (SSSR count). The summed E-state index contributed by atoms with van der Waals surface area (Å²) in [7, 11) is 0. The van der Waals surface area contributed by atoms with Crippen molar-refractivity contribution in [1.29, 1.82) is 0 Å². The number of H-pyrrole nitrogens is 1. The number of oxazole rings is 1. The zero-order valence-corrected chi connectivity index (χ0v) is 10.3. The standard InChI is InChI=1S/C12H12F3N3O2/c13-12(14,15)5-18(6-1-2-6)9-4-8-10(3-7(9)16)20-11(19)17-8/h3-4,6H,1-2,5,16H2,(H,17,19). The summed E-state index contributed by atoms with van der Waals surface area (Å²) in [6.45, 7) is -1.06. The summed E-state index contributed by atoms with van der Waals surface area (Å²) in [6.07, 6.45) is -2.90. The van der Waals surface area contributed by atoms with Crippen LogP contribution in [-0.2, 0) is 0 Å². The van der Waals surface area contributed by atoms with Crippen LogP contribution in [0.5, 0.6) is 0 Å². The Bertz CT molecular complexity index is 700. The number of hydrogen-bond donors (Lipinski definition) is 2. The van der Waals surface area contributed by atoms with Crippen LogP contribution in [0.15, 0.2) is 21.3 Å². The van der Waals surface area contributed by atoms with Crippen molar-refractivity contribution in [2.75, 3.05) is 17.2 Å². The number of nitrogen functional groups attached to an aromatic ring is 1. The van der Waals surface area contributed by atoms with Crippen LogP contribution < -0.4 is 16.4 Å². The lowest BCUT2D eigenvalue weighted by Gasteiger charge is -2.27. The maximum absolute atomic E-state index is 12.7. The molecule has 1 aromatic carbocycles. The molecule has 1 aliphatic rings. The Morgan fingerprint density at radius 2 is 2.10 bits per heavy atom. The Hall–Kier alpha value is -2.12. The zero-order chi connectivity index (χ0) is 14.5. The number of benzene rings is 1. The molecule has 8 heteroatoms. The van der Waals surface area contributed by atoms with Gasteiger partial charge in [-0.1, -0.05) is 0 Å². The van der Waals surface area contributed by atoms with Gasteiger partial charge in [0.1, 0.15) is 6.54 Å². The van der Waals surface area contributed by atoms with Crippen LogP contribution in [0.25, 0.3) is 11.1 Å². The van der Waals surface area contributed by atoms with Crippen molar-refractivity contribution in [2.45, 2.75) is 25.1 Å². The number of aromatic nitrogens is 1. The van der Waals surface area contributed by atoms with Crippen molar-refractivity contribution < 1.29 is 17.6 Å². The first-order valence-electron chi connectivity index (χ1n) is 6.09. The van der Waals surface area contributed by atoms with Crippen molar-refractivity contribution in [2.24, 2.45) is 0 Å². The second-order valence-electron chi connectivity index (χ2n) is 4.90. The minimum Gasteiger partial charge on any atom is -0.408 e. The largest absolute Gasteiger partial charge is 0.417 e. The van der Waals surface area contributed by atoms with Gasteiger partial charge in [-0.05, 0) is 18.9 Å². The Morgan fingerprint density at radius 1 is 1.40 bits per heavy atom. The van der Waals surface area contributed by atoms with Gasteiger partial charge in [0, 0.05) is 12.1 Å². The molecule has 1 heterocycles. The lowest BCUT2D eigenvalue weighted by Crippen LogP contribution is -2.36. The number of anilines is 2. The van der Waals surface area contributed by atoms with E-state index in [0.717, 1.165) is 0 Å². The average Bonchev–Trinajstić information content (AvgIpc) is 3.07. The minimum absolute atomic E-state index is 0.157. The molecule has 1 aromatic heterocycles. The zero-order valence-electron chi connectivity index (χ0n) is 10.3. The van der Waals surface area contributed by atoms with E-state index < -0.39 is 18.5 Å². The molecule has 0 unspecified atom stereocenters. The maximum atomic E-state index is 12.7. The second-order valence-corrected chi connectivity index (χ2v) is 4.90. The molecule has 0 saturated heterocycles. The predicted molar refractivity (Wildman–Crippen MR) is 67.7 cm³/mol. The van der Waals surface area contributed by atoms with E-state index in [1.54, 1.807) is 0 Å². The quantitative estimate of drug-likeness (QED) is 0.849. The van der Waals surface area contributed by atoms with Gasteiger partial charge in [-0.15, -0.1) is 0 Å². The summed E-state index contributed by atoms with van der Waals surface area (Å²) >= 11 is 0. The van der Waals surface area contributed by atoms with Crippen molar-refractivity contribution >= 4 is 22.5 Å². The Morgan fingerprint density at radius 3 is 2.70 bits per heavy atom.